The summed E-state index contributed by atoms with van der Waals surface area (Å²) in [6.45, 7) is 5.47. The molecule has 2 aliphatic rings. The number of carbonyl (C=O) groups excluding carboxylic acids is 1. The molecule has 1 fully saturated rings. The molecule has 10 heteroatoms. The molecule has 0 radical (unpaired) electrons. The molecule has 2 aliphatic heterocycles. The number of methoxy groups -OCH3 is 1. The fraction of sp³-hybridized carbons (Fsp3) is 0.394. The van der Waals surface area contributed by atoms with Gasteiger partial charge in [-0.2, -0.15) is 14.6 Å². The van der Waals surface area contributed by atoms with E-state index in [-0.39, 0.29) is 24.5 Å². The van der Waals surface area contributed by atoms with Gasteiger partial charge in [-0.25, -0.2) is 9.67 Å². The molecule has 224 valence electrons. The van der Waals surface area contributed by atoms with Gasteiger partial charge in [0.15, 0.2) is 0 Å². The van der Waals surface area contributed by atoms with E-state index in [1.807, 2.05) is 53.2 Å². The topological polar surface area (TPSA) is 85.6 Å². The van der Waals surface area contributed by atoms with Crippen molar-refractivity contribution in [2.45, 2.75) is 38.8 Å². The summed E-state index contributed by atoms with van der Waals surface area (Å²) in [5, 5.41) is 6.84. The van der Waals surface area contributed by atoms with Crippen molar-refractivity contribution in [3.05, 3.63) is 95.0 Å². The second-order valence-electron chi connectivity index (χ2n) is 11.5. The number of ether oxygens (including phenoxy) is 1. The highest BCUT2D eigenvalue weighted by atomic mass is 19.1. The van der Waals surface area contributed by atoms with Crippen LogP contribution in [-0.2, 0) is 33.8 Å². The number of hydroxylamine groups is 2. The Morgan fingerprint density at radius 1 is 1.16 bits per heavy atom. The minimum absolute atomic E-state index is 0.0682. The van der Waals surface area contributed by atoms with Crippen molar-refractivity contribution in [1.29, 1.82) is 0 Å². The maximum atomic E-state index is 14.0. The molecule has 0 spiro atoms. The number of rotatable bonds is 10. The van der Waals surface area contributed by atoms with Gasteiger partial charge in [-0.3, -0.25) is 14.6 Å². The molecule has 4 aromatic rings. The molecule has 0 amide bonds. The predicted molar refractivity (Wildman–Crippen MR) is 160 cm³/mol. The number of halogens is 1. The van der Waals surface area contributed by atoms with Gasteiger partial charge in [0.25, 0.3) is 0 Å². The predicted octanol–water partition coefficient (Wildman–Crippen LogP) is 4.52. The van der Waals surface area contributed by atoms with E-state index in [2.05, 4.69) is 23.0 Å². The largest absolute Gasteiger partial charge is 0.383 e. The van der Waals surface area contributed by atoms with E-state index in [1.54, 1.807) is 13.2 Å². The zero-order valence-corrected chi connectivity index (χ0v) is 24.9. The zero-order valence-electron chi connectivity index (χ0n) is 24.9. The summed E-state index contributed by atoms with van der Waals surface area (Å²) in [4.78, 5) is 30.7. The first kappa shape index (κ1) is 29.3. The Morgan fingerprint density at radius 3 is 2.79 bits per heavy atom. The Hall–Kier alpha value is -3.83. The molecule has 0 unspecified atom stereocenters. The van der Waals surface area contributed by atoms with Gasteiger partial charge in [0.2, 0.25) is 5.95 Å². The van der Waals surface area contributed by atoms with Gasteiger partial charge >= 0.3 is 0 Å². The van der Waals surface area contributed by atoms with E-state index in [4.69, 9.17) is 19.7 Å². The summed E-state index contributed by atoms with van der Waals surface area (Å²) in [7, 11) is 3.76. The van der Waals surface area contributed by atoms with Crippen LogP contribution in [0.5, 0.6) is 0 Å². The third-order valence-corrected chi connectivity index (χ3v) is 8.36. The number of pyridine rings is 2. The summed E-state index contributed by atoms with van der Waals surface area (Å²) in [5.41, 5.74) is 7.51. The monoisotopic (exact) mass is 584 g/mol. The number of likely N-dealkylation sites (N-methyl/N-ethyl adjacent to an activating group) is 1. The summed E-state index contributed by atoms with van der Waals surface area (Å²) in [5.74, 6) is -0.653. The molecule has 9 nitrogen and oxygen atoms in total. The van der Waals surface area contributed by atoms with Crippen LogP contribution in [0.2, 0.25) is 0 Å². The van der Waals surface area contributed by atoms with E-state index >= 15 is 0 Å². The average molecular weight is 585 g/mol. The zero-order chi connectivity index (χ0) is 29.9. The number of carbonyl (C=O) groups is 1. The van der Waals surface area contributed by atoms with Crippen LogP contribution >= 0.6 is 0 Å². The van der Waals surface area contributed by atoms with Gasteiger partial charge in [0.1, 0.15) is 11.9 Å². The molecule has 0 N–H and O–H groups in total. The molecule has 5 heterocycles. The first-order valence-electron chi connectivity index (χ1n) is 14.7. The summed E-state index contributed by atoms with van der Waals surface area (Å²) >= 11 is 0. The number of para-hydroxylation sites is 1. The highest BCUT2D eigenvalue weighted by Crippen LogP contribution is 2.37. The standard InChI is InChI=1S/C33H37FN6O3/c1-22-30(18-28(41)16-26-21-39(13-14-42-3)43-33(26)23-9-11-35-31(34)17-23)40(27-7-5-4-6-8-27)37-32(22)24-15-25-20-38(2)12-10-29(25)36-19-24/h4-9,11,15,17,19,26,33H,10,12-14,16,18,20-21H2,1-3H3/t26-,33+/m1/s1. The lowest BCUT2D eigenvalue weighted by Crippen LogP contribution is -2.27. The normalized spacial score (nSPS) is 19.1. The Morgan fingerprint density at radius 2 is 2.00 bits per heavy atom. The van der Waals surface area contributed by atoms with Crippen molar-refractivity contribution < 1.29 is 18.8 Å². The molecule has 1 saturated heterocycles. The van der Waals surface area contributed by atoms with Crippen molar-refractivity contribution in [2.75, 3.05) is 40.4 Å². The second kappa shape index (κ2) is 12.8. The van der Waals surface area contributed by atoms with Crippen LogP contribution in [-0.4, -0.2) is 75.9 Å². The Balaban J connectivity index is 1.29. The molecule has 43 heavy (non-hydrogen) atoms. The highest BCUT2D eigenvalue weighted by molar-refractivity contribution is 5.82. The smallest absolute Gasteiger partial charge is 0.213 e. The Bertz CT molecular complexity index is 1590. The minimum Gasteiger partial charge on any atom is -0.383 e. The highest BCUT2D eigenvalue weighted by Gasteiger charge is 2.37. The van der Waals surface area contributed by atoms with Gasteiger partial charge in [0.05, 0.1) is 23.7 Å². The molecule has 0 saturated carbocycles. The van der Waals surface area contributed by atoms with Crippen molar-refractivity contribution >= 4 is 5.78 Å². The second-order valence-corrected chi connectivity index (χ2v) is 11.5. The number of Topliss-reactive ketones (excluding diaryl/α,β-unsaturated/α-hetero) is 1. The van der Waals surface area contributed by atoms with Gasteiger partial charge in [-0.1, -0.05) is 18.2 Å². The SMILES string of the molecule is COCCN1C[C@@H](CC(=O)Cc2c(C)c(-c3cnc4c(c3)CN(C)CC4)nn2-c2ccccc2)[C@H](c2ccnc(F)c2)O1. The van der Waals surface area contributed by atoms with Gasteiger partial charge in [-0.05, 0) is 61.0 Å². The molecule has 0 bridgehead atoms. The maximum absolute atomic E-state index is 14.0. The van der Waals surface area contributed by atoms with Crippen molar-refractivity contribution in [3.63, 3.8) is 0 Å². The number of hydrogen-bond acceptors (Lipinski definition) is 8. The Kier molecular flexibility index (Phi) is 8.71. The number of aromatic nitrogens is 4. The van der Waals surface area contributed by atoms with Gasteiger partial charge < -0.3 is 9.64 Å². The van der Waals surface area contributed by atoms with E-state index in [0.29, 0.717) is 25.3 Å². The average Bonchev–Trinajstić information content (AvgIpc) is 3.56. The molecular formula is C33H37FN6O3. The number of ketones is 1. The van der Waals surface area contributed by atoms with Crippen LogP contribution in [0, 0.1) is 18.8 Å². The number of hydrogen-bond donors (Lipinski definition) is 0. The van der Waals surface area contributed by atoms with E-state index < -0.39 is 12.1 Å². The summed E-state index contributed by atoms with van der Waals surface area (Å²) in [6, 6.07) is 15.2. The van der Waals surface area contributed by atoms with Crippen LogP contribution in [0.15, 0.2) is 60.9 Å². The fourth-order valence-corrected chi connectivity index (χ4v) is 6.13. The number of fused-ring (bicyclic) bond motifs is 1. The summed E-state index contributed by atoms with van der Waals surface area (Å²) in [6.07, 6.45) is 4.31. The maximum Gasteiger partial charge on any atom is 0.213 e. The lowest BCUT2D eigenvalue weighted by Gasteiger charge is -2.24. The summed E-state index contributed by atoms with van der Waals surface area (Å²) < 4.78 is 21.1. The first-order valence-corrected chi connectivity index (χ1v) is 14.7. The van der Waals surface area contributed by atoms with Crippen LogP contribution in [0.3, 0.4) is 0 Å². The van der Waals surface area contributed by atoms with E-state index in [9.17, 15) is 9.18 Å². The quantitative estimate of drug-likeness (QED) is 0.252. The molecule has 6 rings (SSSR count). The molecule has 1 aromatic carbocycles. The van der Waals surface area contributed by atoms with Gasteiger partial charge in [0, 0.05) is 82.1 Å². The molecule has 2 atom stereocenters. The minimum atomic E-state index is -0.570. The van der Waals surface area contributed by atoms with Crippen LogP contribution in [0.1, 0.15) is 40.6 Å². The van der Waals surface area contributed by atoms with Crippen molar-refractivity contribution in [2.24, 2.45) is 5.92 Å². The van der Waals surface area contributed by atoms with Crippen LogP contribution < -0.4 is 0 Å². The number of nitrogens with zero attached hydrogens (tertiary/aromatic N) is 6. The van der Waals surface area contributed by atoms with E-state index in [0.717, 1.165) is 53.4 Å². The lowest BCUT2D eigenvalue weighted by atomic mass is 9.90. The van der Waals surface area contributed by atoms with Gasteiger partial charge in [-0.15, -0.1) is 0 Å². The van der Waals surface area contributed by atoms with Crippen LogP contribution in [0.4, 0.5) is 4.39 Å². The molecule has 3 aromatic heterocycles. The third-order valence-electron chi connectivity index (χ3n) is 8.36. The lowest BCUT2D eigenvalue weighted by molar-refractivity contribution is -0.155. The fourth-order valence-electron chi connectivity index (χ4n) is 6.13. The van der Waals surface area contributed by atoms with Crippen molar-refractivity contribution in [1.82, 2.24) is 29.7 Å². The van der Waals surface area contributed by atoms with Crippen molar-refractivity contribution in [3.8, 4) is 16.9 Å². The Labute approximate surface area is 251 Å². The molecule has 0 aliphatic carbocycles. The van der Waals surface area contributed by atoms with Crippen LogP contribution in [0.25, 0.3) is 16.9 Å². The number of benzene rings is 1. The van der Waals surface area contributed by atoms with E-state index in [1.165, 1.54) is 17.8 Å². The third kappa shape index (κ3) is 6.42. The first-order chi connectivity index (χ1) is 20.9. The molecular weight excluding hydrogens is 547 g/mol.